The van der Waals surface area contributed by atoms with Crippen molar-refractivity contribution in [2.24, 2.45) is 0 Å². The van der Waals surface area contributed by atoms with E-state index in [4.69, 9.17) is 0 Å². The Kier molecular flexibility index (Phi) is 8.15. The summed E-state index contributed by atoms with van der Waals surface area (Å²) in [6.45, 7) is 4.76. The summed E-state index contributed by atoms with van der Waals surface area (Å²) in [4.78, 5) is 27.2. The average molecular weight is 450 g/mol. The molecule has 2 aromatic rings. The predicted molar refractivity (Wildman–Crippen MR) is 118 cm³/mol. The molecule has 0 saturated heterocycles. The summed E-state index contributed by atoms with van der Waals surface area (Å²) in [7, 11) is -3.88. The van der Waals surface area contributed by atoms with Gasteiger partial charge in [0.1, 0.15) is 18.4 Å². The number of carbonyl (C=O) groups is 2. The van der Waals surface area contributed by atoms with Crippen LogP contribution < -0.4 is 9.62 Å². The number of amides is 2. The lowest BCUT2D eigenvalue weighted by Gasteiger charge is -2.31. The summed E-state index contributed by atoms with van der Waals surface area (Å²) in [5.74, 6) is -1.55. The SMILES string of the molecule is CC(C)NC(=O)[C@H](C)N(Cc1ccccc1)C(=O)CN(c1cccc(F)c1)S(C)(=O)=O. The third-order valence-corrected chi connectivity index (χ3v) is 5.71. The quantitative estimate of drug-likeness (QED) is 0.637. The van der Waals surface area contributed by atoms with Gasteiger partial charge in [-0.3, -0.25) is 13.9 Å². The van der Waals surface area contributed by atoms with Crippen LogP contribution in [0.1, 0.15) is 26.3 Å². The molecule has 2 aromatic carbocycles. The van der Waals surface area contributed by atoms with Crippen molar-refractivity contribution in [1.29, 1.82) is 0 Å². The average Bonchev–Trinajstić information content (AvgIpc) is 2.69. The molecule has 0 aliphatic rings. The molecule has 1 N–H and O–H groups in total. The van der Waals surface area contributed by atoms with Gasteiger partial charge in [-0.25, -0.2) is 12.8 Å². The molecule has 7 nitrogen and oxygen atoms in total. The lowest BCUT2D eigenvalue weighted by atomic mass is 10.1. The van der Waals surface area contributed by atoms with Crippen LogP contribution in [0.15, 0.2) is 54.6 Å². The Morgan fingerprint density at radius 2 is 1.68 bits per heavy atom. The summed E-state index contributed by atoms with van der Waals surface area (Å²) in [5, 5.41) is 2.77. The number of hydrogen-bond acceptors (Lipinski definition) is 4. The van der Waals surface area contributed by atoms with Gasteiger partial charge in [-0.15, -0.1) is 0 Å². The number of hydrogen-bond donors (Lipinski definition) is 1. The fraction of sp³-hybridized carbons (Fsp3) is 0.364. The first-order valence-electron chi connectivity index (χ1n) is 9.86. The van der Waals surface area contributed by atoms with Crippen molar-refractivity contribution >= 4 is 27.5 Å². The van der Waals surface area contributed by atoms with Gasteiger partial charge in [-0.05, 0) is 44.5 Å². The first kappa shape index (κ1) is 24.3. The molecule has 0 unspecified atom stereocenters. The molecule has 0 spiro atoms. The van der Waals surface area contributed by atoms with Gasteiger partial charge in [-0.2, -0.15) is 0 Å². The van der Waals surface area contributed by atoms with E-state index < -0.39 is 34.3 Å². The third-order valence-electron chi connectivity index (χ3n) is 4.57. The first-order chi connectivity index (χ1) is 14.5. The molecule has 0 bridgehead atoms. The highest BCUT2D eigenvalue weighted by Gasteiger charge is 2.30. The molecule has 0 heterocycles. The van der Waals surface area contributed by atoms with Gasteiger partial charge >= 0.3 is 0 Å². The van der Waals surface area contributed by atoms with Crippen molar-refractivity contribution in [2.75, 3.05) is 17.1 Å². The zero-order valence-corrected chi connectivity index (χ0v) is 18.9. The molecule has 168 valence electrons. The Morgan fingerprint density at radius 3 is 2.23 bits per heavy atom. The molecular formula is C22H28FN3O4S. The van der Waals surface area contributed by atoms with Crippen LogP contribution in [-0.4, -0.2) is 50.0 Å². The van der Waals surface area contributed by atoms with Crippen molar-refractivity contribution in [3.05, 3.63) is 66.0 Å². The minimum Gasteiger partial charge on any atom is -0.352 e. The second-order valence-electron chi connectivity index (χ2n) is 7.60. The predicted octanol–water partition coefficient (Wildman–Crippen LogP) is 2.53. The smallest absolute Gasteiger partial charge is 0.244 e. The zero-order valence-electron chi connectivity index (χ0n) is 18.1. The van der Waals surface area contributed by atoms with Crippen LogP contribution >= 0.6 is 0 Å². The van der Waals surface area contributed by atoms with Gasteiger partial charge in [0.05, 0.1) is 11.9 Å². The fourth-order valence-corrected chi connectivity index (χ4v) is 3.85. The van der Waals surface area contributed by atoms with Crippen LogP contribution in [0.4, 0.5) is 10.1 Å². The van der Waals surface area contributed by atoms with Crippen LogP contribution in [0.5, 0.6) is 0 Å². The Bertz CT molecular complexity index is 1010. The van der Waals surface area contributed by atoms with Crippen molar-refractivity contribution in [3.8, 4) is 0 Å². The molecular weight excluding hydrogens is 421 g/mol. The van der Waals surface area contributed by atoms with Gasteiger partial charge in [0, 0.05) is 12.6 Å². The maximum absolute atomic E-state index is 13.7. The van der Waals surface area contributed by atoms with E-state index in [0.717, 1.165) is 22.2 Å². The number of carbonyl (C=O) groups excluding carboxylic acids is 2. The van der Waals surface area contributed by atoms with Gasteiger partial charge in [0.15, 0.2) is 0 Å². The van der Waals surface area contributed by atoms with Gasteiger partial charge in [0.2, 0.25) is 21.8 Å². The summed E-state index contributed by atoms with van der Waals surface area (Å²) >= 11 is 0. The highest BCUT2D eigenvalue weighted by molar-refractivity contribution is 7.92. The van der Waals surface area contributed by atoms with Crippen LogP contribution in [0.25, 0.3) is 0 Å². The van der Waals surface area contributed by atoms with E-state index in [1.54, 1.807) is 6.92 Å². The molecule has 31 heavy (non-hydrogen) atoms. The third kappa shape index (κ3) is 7.06. The summed E-state index contributed by atoms with van der Waals surface area (Å²) in [6.07, 6.45) is 0.946. The highest BCUT2D eigenvalue weighted by atomic mass is 32.2. The zero-order chi connectivity index (χ0) is 23.2. The van der Waals surface area contributed by atoms with E-state index >= 15 is 0 Å². The standard InChI is InChI=1S/C22H28FN3O4S/c1-16(2)24-22(28)17(3)25(14-18-9-6-5-7-10-18)21(27)15-26(31(4,29)30)20-12-8-11-19(23)13-20/h5-13,16-17H,14-15H2,1-4H3,(H,24,28)/t17-/m0/s1. The minimum atomic E-state index is -3.88. The summed E-state index contributed by atoms with van der Waals surface area (Å²) in [5.41, 5.74) is 0.825. The number of benzene rings is 2. The largest absolute Gasteiger partial charge is 0.352 e. The van der Waals surface area contributed by atoms with E-state index in [9.17, 15) is 22.4 Å². The van der Waals surface area contributed by atoms with Crippen molar-refractivity contribution in [2.45, 2.75) is 39.4 Å². The number of halogens is 1. The highest BCUT2D eigenvalue weighted by Crippen LogP contribution is 2.20. The molecule has 0 aliphatic heterocycles. The van der Waals surface area contributed by atoms with Crippen LogP contribution in [0.2, 0.25) is 0 Å². The number of nitrogens with one attached hydrogen (secondary N) is 1. The molecule has 1 atom stereocenters. The maximum Gasteiger partial charge on any atom is 0.244 e. The van der Waals surface area contributed by atoms with E-state index in [2.05, 4.69) is 5.32 Å². The Hall–Kier alpha value is -2.94. The van der Waals surface area contributed by atoms with Crippen LogP contribution in [0.3, 0.4) is 0 Å². The van der Waals surface area contributed by atoms with Crippen LogP contribution in [-0.2, 0) is 26.2 Å². The molecule has 0 aliphatic carbocycles. The Balaban J connectivity index is 2.36. The van der Waals surface area contributed by atoms with Crippen LogP contribution in [0, 0.1) is 5.82 Å². The monoisotopic (exact) mass is 449 g/mol. The van der Waals surface area contributed by atoms with Gasteiger partial charge in [0.25, 0.3) is 0 Å². The van der Waals surface area contributed by atoms with Gasteiger partial charge < -0.3 is 10.2 Å². The maximum atomic E-state index is 13.7. The molecule has 2 amide bonds. The second-order valence-corrected chi connectivity index (χ2v) is 9.50. The lowest BCUT2D eigenvalue weighted by Crippen LogP contribution is -2.52. The molecule has 9 heteroatoms. The summed E-state index contributed by atoms with van der Waals surface area (Å²) in [6, 6.07) is 13.1. The van der Waals surface area contributed by atoms with E-state index in [0.29, 0.717) is 0 Å². The van der Waals surface area contributed by atoms with Gasteiger partial charge in [-0.1, -0.05) is 36.4 Å². The molecule has 0 saturated carbocycles. The number of anilines is 1. The fourth-order valence-electron chi connectivity index (χ4n) is 3.01. The van der Waals surface area contributed by atoms with E-state index in [1.165, 1.54) is 23.1 Å². The number of rotatable bonds is 9. The normalized spacial score (nSPS) is 12.3. The summed E-state index contributed by atoms with van der Waals surface area (Å²) < 4.78 is 39.2. The second kappa shape index (κ2) is 10.4. The number of sulfonamides is 1. The Morgan fingerprint density at radius 1 is 1.03 bits per heavy atom. The molecule has 0 radical (unpaired) electrons. The lowest BCUT2D eigenvalue weighted by molar-refractivity contribution is -0.139. The van der Waals surface area contributed by atoms with Crippen molar-refractivity contribution < 1.29 is 22.4 Å². The first-order valence-corrected chi connectivity index (χ1v) is 11.7. The van der Waals surface area contributed by atoms with Crippen molar-refractivity contribution in [3.63, 3.8) is 0 Å². The van der Waals surface area contributed by atoms with E-state index in [-0.39, 0.29) is 24.2 Å². The topological polar surface area (TPSA) is 86.8 Å². The molecule has 0 fully saturated rings. The van der Waals surface area contributed by atoms with Crippen molar-refractivity contribution in [1.82, 2.24) is 10.2 Å². The van der Waals surface area contributed by atoms with E-state index in [1.807, 2.05) is 44.2 Å². The molecule has 2 rings (SSSR count). The minimum absolute atomic E-state index is 0.0368. The Labute approximate surface area is 182 Å². The number of nitrogens with zero attached hydrogens (tertiary/aromatic N) is 2. The molecule has 0 aromatic heterocycles.